The second-order valence-electron chi connectivity index (χ2n) is 8.68. The molecule has 0 unspecified atom stereocenters. The third-order valence-electron chi connectivity index (χ3n) is 6.26. The zero-order valence-electron chi connectivity index (χ0n) is 20.8. The number of anilines is 3. The standard InChI is InChI=1S/C29H30FN3O3/c1-4-21(3)33(26-13-9-24(30)10-14-26)27-19-23(6-5-20(27)2)28(34)31-25-11-7-22(8-12-25)29(35)32-15-17-36-18-16-32/h4-14,19H,15-18H2,1-3H3,(H,31,34)/b21-4-. The van der Waals surface area contributed by atoms with E-state index in [4.69, 9.17) is 4.74 Å². The Morgan fingerprint density at radius 1 is 0.972 bits per heavy atom. The number of benzene rings is 3. The van der Waals surface area contributed by atoms with Crippen LogP contribution in [0, 0.1) is 12.7 Å². The molecular weight excluding hydrogens is 457 g/mol. The van der Waals surface area contributed by atoms with Gasteiger partial charge in [0.1, 0.15) is 5.82 Å². The van der Waals surface area contributed by atoms with E-state index in [-0.39, 0.29) is 17.6 Å². The summed E-state index contributed by atoms with van der Waals surface area (Å²) in [4.78, 5) is 29.5. The topological polar surface area (TPSA) is 61.9 Å². The smallest absolute Gasteiger partial charge is 0.255 e. The van der Waals surface area contributed by atoms with Gasteiger partial charge in [0.05, 0.1) is 13.2 Å². The molecule has 1 aliphatic heterocycles. The van der Waals surface area contributed by atoms with Crippen molar-refractivity contribution in [3.05, 3.63) is 101 Å². The molecule has 3 aromatic carbocycles. The molecule has 1 heterocycles. The Morgan fingerprint density at radius 2 is 1.61 bits per heavy atom. The summed E-state index contributed by atoms with van der Waals surface area (Å²) in [6, 6.07) is 18.7. The van der Waals surface area contributed by atoms with Crippen molar-refractivity contribution in [2.45, 2.75) is 20.8 Å². The Kier molecular flexibility index (Phi) is 7.80. The number of ether oxygens (including phenoxy) is 1. The number of halogens is 1. The lowest BCUT2D eigenvalue weighted by atomic mass is 10.1. The fourth-order valence-corrected chi connectivity index (χ4v) is 4.09. The van der Waals surface area contributed by atoms with Crippen molar-refractivity contribution in [3.8, 4) is 0 Å². The summed E-state index contributed by atoms with van der Waals surface area (Å²) < 4.78 is 18.9. The minimum absolute atomic E-state index is 0.0420. The number of hydrogen-bond donors (Lipinski definition) is 1. The van der Waals surface area contributed by atoms with Gasteiger partial charge in [-0.2, -0.15) is 0 Å². The Labute approximate surface area is 211 Å². The van der Waals surface area contributed by atoms with E-state index in [1.165, 1.54) is 12.1 Å². The van der Waals surface area contributed by atoms with Crippen molar-refractivity contribution in [2.24, 2.45) is 0 Å². The van der Waals surface area contributed by atoms with Gasteiger partial charge in [0, 0.05) is 47.0 Å². The number of carbonyl (C=O) groups is 2. The lowest BCUT2D eigenvalue weighted by Gasteiger charge is -2.28. The molecule has 1 N–H and O–H groups in total. The van der Waals surface area contributed by atoms with Crippen LogP contribution in [0.2, 0.25) is 0 Å². The molecule has 0 bridgehead atoms. The predicted molar refractivity (Wildman–Crippen MR) is 140 cm³/mol. The Bertz CT molecular complexity index is 1260. The van der Waals surface area contributed by atoms with E-state index >= 15 is 0 Å². The molecule has 0 atom stereocenters. The molecule has 6 nitrogen and oxygen atoms in total. The van der Waals surface area contributed by atoms with Crippen LogP contribution in [0.3, 0.4) is 0 Å². The van der Waals surface area contributed by atoms with Crippen LogP contribution in [0.25, 0.3) is 0 Å². The first kappa shape index (κ1) is 25.1. The highest BCUT2D eigenvalue weighted by atomic mass is 19.1. The van der Waals surface area contributed by atoms with E-state index in [2.05, 4.69) is 5.32 Å². The van der Waals surface area contributed by atoms with Gasteiger partial charge >= 0.3 is 0 Å². The lowest BCUT2D eigenvalue weighted by molar-refractivity contribution is 0.0303. The lowest BCUT2D eigenvalue weighted by Crippen LogP contribution is -2.40. The number of rotatable bonds is 6. The summed E-state index contributed by atoms with van der Waals surface area (Å²) in [5, 5.41) is 2.91. The molecule has 0 radical (unpaired) electrons. The summed E-state index contributed by atoms with van der Waals surface area (Å²) in [7, 11) is 0. The van der Waals surface area contributed by atoms with E-state index in [9.17, 15) is 14.0 Å². The van der Waals surface area contributed by atoms with Gasteiger partial charge in [-0.05, 0) is 87.0 Å². The number of nitrogens with one attached hydrogen (secondary N) is 1. The summed E-state index contributed by atoms with van der Waals surface area (Å²) >= 11 is 0. The number of amides is 2. The van der Waals surface area contributed by atoms with Gasteiger partial charge in [-0.15, -0.1) is 0 Å². The van der Waals surface area contributed by atoms with Gasteiger partial charge in [0.2, 0.25) is 0 Å². The molecule has 3 aromatic rings. The molecule has 0 saturated carbocycles. The molecule has 0 aliphatic carbocycles. The van der Waals surface area contributed by atoms with Crippen molar-refractivity contribution in [1.29, 1.82) is 0 Å². The number of carbonyl (C=O) groups excluding carboxylic acids is 2. The molecule has 2 amide bonds. The first-order valence-corrected chi connectivity index (χ1v) is 11.9. The highest BCUT2D eigenvalue weighted by molar-refractivity contribution is 6.05. The average Bonchev–Trinajstić information content (AvgIpc) is 2.91. The van der Waals surface area contributed by atoms with Gasteiger partial charge in [0.25, 0.3) is 11.8 Å². The SMILES string of the molecule is C/C=C(/C)N(c1ccc(F)cc1)c1cc(C(=O)Nc2ccc(C(=O)N3CCOCC3)cc2)ccc1C. The Hall–Kier alpha value is -3.97. The summed E-state index contributed by atoms with van der Waals surface area (Å²) in [5.74, 6) is -0.611. The molecule has 186 valence electrons. The predicted octanol–water partition coefficient (Wildman–Crippen LogP) is 5.92. The second-order valence-corrected chi connectivity index (χ2v) is 8.68. The van der Waals surface area contributed by atoms with Crippen LogP contribution < -0.4 is 10.2 Å². The van der Waals surface area contributed by atoms with E-state index in [0.29, 0.717) is 43.1 Å². The molecule has 7 heteroatoms. The minimum atomic E-state index is -0.306. The summed E-state index contributed by atoms with van der Waals surface area (Å²) in [6.07, 6.45) is 1.97. The zero-order chi connectivity index (χ0) is 25.7. The fraction of sp³-hybridized carbons (Fsp3) is 0.241. The summed E-state index contributed by atoms with van der Waals surface area (Å²) in [6.45, 7) is 8.12. The van der Waals surface area contributed by atoms with Crippen molar-refractivity contribution in [2.75, 3.05) is 36.5 Å². The number of hydrogen-bond acceptors (Lipinski definition) is 4. The van der Waals surface area contributed by atoms with Crippen LogP contribution >= 0.6 is 0 Å². The molecule has 0 aromatic heterocycles. The summed E-state index contributed by atoms with van der Waals surface area (Å²) in [5.41, 5.74) is 5.21. The van der Waals surface area contributed by atoms with Gasteiger partial charge in [0.15, 0.2) is 0 Å². The normalized spacial score (nSPS) is 13.9. The molecule has 1 aliphatic rings. The first-order valence-electron chi connectivity index (χ1n) is 11.9. The van der Waals surface area contributed by atoms with Crippen LogP contribution in [-0.4, -0.2) is 43.0 Å². The van der Waals surface area contributed by atoms with Gasteiger partial charge < -0.3 is 19.9 Å². The highest BCUT2D eigenvalue weighted by Gasteiger charge is 2.19. The Balaban J connectivity index is 1.54. The van der Waals surface area contributed by atoms with E-state index < -0.39 is 0 Å². The number of morpholine rings is 1. The minimum Gasteiger partial charge on any atom is -0.378 e. The van der Waals surface area contributed by atoms with Crippen LogP contribution in [-0.2, 0) is 4.74 Å². The van der Waals surface area contributed by atoms with Crippen molar-refractivity contribution < 1.29 is 18.7 Å². The van der Waals surface area contributed by atoms with Crippen LogP contribution in [0.5, 0.6) is 0 Å². The largest absolute Gasteiger partial charge is 0.378 e. The van der Waals surface area contributed by atoms with Gasteiger partial charge in [-0.1, -0.05) is 12.1 Å². The van der Waals surface area contributed by atoms with Gasteiger partial charge in [-0.3, -0.25) is 9.59 Å². The molecule has 0 spiro atoms. The number of nitrogens with zero attached hydrogens (tertiary/aromatic N) is 2. The van der Waals surface area contributed by atoms with E-state index in [1.54, 1.807) is 47.4 Å². The maximum atomic E-state index is 13.5. The zero-order valence-corrected chi connectivity index (χ0v) is 20.8. The van der Waals surface area contributed by atoms with Crippen molar-refractivity contribution in [3.63, 3.8) is 0 Å². The highest BCUT2D eigenvalue weighted by Crippen LogP contribution is 2.33. The molecule has 36 heavy (non-hydrogen) atoms. The van der Waals surface area contributed by atoms with Crippen molar-refractivity contribution >= 4 is 28.9 Å². The van der Waals surface area contributed by atoms with Gasteiger partial charge in [-0.25, -0.2) is 4.39 Å². The van der Waals surface area contributed by atoms with Crippen LogP contribution in [0.15, 0.2) is 78.5 Å². The van der Waals surface area contributed by atoms with Crippen LogP contribution in [0.4, 0.5) is 21.5 Å². The second kappa shape index (κ2) is 11.2. The molecule has 1 saturated heterocycles. The average molecular weight is 488 g/mol. The number of aryl methyl sites for hydroxylation is 1. The van der Waals surface area contributed by atoms with E-state index in [1.807, 2.05) is 43.9 Å². The molecule has 1 fully saturated rings. The molecular formula is C29H30FN3O3. The van der Waals surface area contributed by atoms with Crippen LogP contribution in [0.1, 0.15) is 40.1 Å². The Morgan fingerprint density at radius 3 is 2.25 bits per heavy atom. The maximum absolute atomic E-state index is 13.5. The molecule has 4 rings (SSSR count). The number of allylic oxidation sites excluding steroid dienone is 2. The monoisotopic (exact) mass is 487 g/mol. The third kappa shape index (κ3) is 5.63. The maximum Gasteiger partial charge on any atom is 0.255 e. The van der Waals surface area contributed by atoms with Crippen molar-refractivity contribution in [1.82, 2.24) is 4.90 Å². The first-order chi connectivity index (χ1) is 17.4. The third-order valence-corrected chi connectivity index (χ3v) is 6.26. The quantitative estimate of drug-likeness (QED) is 0.469. The fourth-order valence-electron chi connectivity index (χ4n) is 4.09. The van der Waals surface area contributed by atoms with E-state index in [0.717, 1.165) is 22.6 Å².